The SMILES string of the molecule is CCCCCCc1ccc(-c2ccc(-c3ccc(CCCCC)cc3F)cc2)nc1. The van der Waals surface area contributed by atoms with Gasteiger partial charge in [0.25, 0.3) is 0 Å². The van der Waals surface area contributed by atoms with E-state index in [1.807, 2.05) is 36.5 Å². The highest BCUT2D eigenvalue weighted by molar-refractivity contribution is 5.69. The fourth-order valence-corrected chi connectivity index (χ4v) is 3.85. The molecule has 2 aromatic carbocycles. The normalized spacial score (nSPS) is 11.0. The summed E-state index contributed by atoms with van der Waals surface area (Å²) < 4.78 is 14.7. The first-order valence-electron chi connectivity index (χ1n) is 11.6. The molecule has 0 saturated heterocycles. The maximum atomic E-state index is 14.7. The summed E-state index contributed by atoms with van der Waals surface area (Å²) in [5, 5.41) is 0. The Morgan fingerprint density at radius 3 is 1.97 bits per heavy atom. The molecule has 0 aliphatic rings. The van der Waals surface area contributed by atoms with Crippen LogP contribution in [0.2, 0.25) is 0 Å². The Bertz CT molecular complexity index is 897. The zero-order chi connectivity index (χ0) is 21.2. The van der Waals surface area contributed by atoms with E-state index in [1.54, 1.807) is 6.07 Å². The summed E-state index contributed by atoms with van der Waals surface area (Å²) in [4.78, 5) is 4.64. The van der Waals surface area contributed by atoms with E-state index in [0.29, 0.717) is 5.56 Å². The summed E-state index contributed by atoms with van der Waals surface area (Å²) in [6.07, 6.45) is 12.6. The number of aromatic nitrogens is 1. The molecule has 0 fully saturated rings. The van der Waals surface area contributed by atoms with Gasteiger partial charge in [-0.05, 0) is 54.5 Å². The molecule has 0 spiro atoms. The largest absolute Gasteiger partial charge is 0.256 e. The third kappa shape index (κ3) is 6.26. The molecule has 2 heteroatoms. The third-order valence-corrected chi connectivity index (χ3v) is 5.74. The molecule has 0 atom stereocenters. The lowest BCUT2D eigenvalue weighted by Crippen LogP contribution is -1.91. The Labute approximate surface area is 181 Å². The molecule has 0 saturated carbocycles. The van der Waals surface area contributed by atoms with Gasteiger partial charge >= 0.3 is 0 Å². The van der Waals surface area contributed by atoms with E-state index >= 15 is 0 Å². The lowest BCUT2D eigenvalue weighted by molar-refractivity contribution is 0.626. The van der Waals surface area contributed by atoms with Gasteiger partial charge in [0.15, 0.2) is 0 Å². The van der Waals surface area contributed by atoms with Crippen molar-refractivity contribution in [2.45, 2.75) is 71.6 Å². The van der Waals surface area contributed by atoms with Gasteiger partial charge in [0, 0.05) is 17.3 Å². The maximum absolute atomic E-state index is 14.7. The van der Waals surface area contributed by atoms with Gasteiger partial charge in [-0.1, -0.05) is 88.4 Å². The van der Waals surface area contributed by atoms with Crippen LogP contribution in [0.15, 0.2) is 60.8 Å². The van der Waals surface area contributed by atoms with Crippen molar-refractivity contribution in [1.29, 1.82) is 0 Å². The average molecular weight is 404 g/mol. The number of nitrogens with zero attached hydrogens (tertiary/aromatic N) is 1. The van der Waals surface area contributed by atoms with Crippen LogP contribution in [0.25, 0.3) is 22.4 Å². The quantitative estimate of drug-likeness (QED) is 0.293. The van der Waals surface area contributed by atoms with E-state index in [9.17, 15) is 4.39 Å². The van der Waals surface area contributed by atoms with Crippen LogP contribution >= 0.6 is 0 Å². The molecule has 1 heterocycles. The molecular weight excluding hydrogens is 369 g/mol. The molecule has 0 radical (unpaired) electrons. The second kappa shape index (κ2) is 11.6. The molecule has 0 N–H and O–H groups in total. The number of halogens is 1. The van der Waals surface area contributed by atoms with Crippen LogP contribution in [-0.2, 0) is 12.8 Å². The van der Waals surface area contributed by atoms with Crippen molar-refractivity contribution in [2.24, 2.45) is 0 Å². The summed E-state index contributed by atoms with van der Waals surface area (Å²) in [6.45, 7) is 4.42. The van der Waals surface area contributed by atoms with Gasteiger partial charge < -0.3 is 0 Å². The number of unbranched alkanes of at least 4 members (excludes halogenated alkanes) is 5. The standard InChI is InChI=1S/C28H34FN/c1-3-5-7-9-11-23-13-19-28(30-21-23)25-16-14-24(15-17-25)26-18-12-22(20-27(26)29)10-8-6-4-2/h12-21H,3-11H2,1-2H3. The molecule has 3 aromatic rings. The molecular formula is C28H34FN. The Morgan fingerprint density at radius 2 is 1.30 bits per heavy atom. The number of hydrogen-bond donors (Lipinski definition) is 0. The Balaban J connectivity index is 1.64. The minimum Gasteiger partial charge on any atom is -0.256 e. The second-order valence-electron chi connectivity index (χ2n) is 8.21. The van der Waals surface area contributed by atoms with Gasteiger partial charge in [-0.15, -0.1) is 0 Å². The minimum absolute atomic E-state index is 0.137. The third-order valence-electron chi connectivity index (χ3n) is 5.74. The predicted molar refractivity (Wildman–Crippen MR) is 126 cm³/mol. The van der Waals surface area contributed by atoms with Gasteiger partial charge in [-0.25, -0.2) is 4.39 Å². The van der Waals surface area contributed by atoms with Crippen LogP contribution in [0.4, 0.5) is 4.39 Å². The zero-order valence-electron chi connectivity index (χ0n) is 18.5. The van der Waals surface area contributed by atoms with Crippen LogP contribution in [0.3, 0.4) is 0 Å². The topological polar surface area (TPSA) is 12.9 Å². The summed E-state index contributed by atoms with van der Waals surface area (Å²) in [7, 11) is 0. The van der Waals surface area contributed by atoms with Gasteiger partial charge in [-0.2, -0.15) is 0 Å². The number of pyridine rings is 1. The average Bonchev–Trinajstić information content (AvgIpc) is 2.78. The molecule has 0 aliphatic carbocycles. The smallest absolute Gasteiger partial charge is 0.131 e. The van der Waals surface area contributed by atoms with Crippen LogP contribution in [0, 0.1) is 5.82 Å². The lowest BCUT2D eigenvalue weighted by Gasteiger charge is -2.08. The van der Waals surface area contributed by atoms with Crippen LogP contribution < -0.4 is 0 Å². The Hall–Kier alpha value is -2.48. The van der Waals surface area contributed by atoms with E-state index in [4.69, 9.17) is 0 Å². The van der Waals surface area contributed by atoms with Crippen molar-refractivity contribution >= 4 is 0 Å². The van der Waals surface area contributed by atoms with E-state index in [-0.39, 0.29) is 5.82 Å². The zero-order valence-corrected chi connectivity index (χ0v) is 18.5. The van der Waals surface area contributed by atoms with E-state index in [2.05, 4.69) is 37.0 Å². The first-order valence-corrected chi connectivity index (χ1v) is 11.6. The Morgan fingerprint density at radius 1 is 0.667 bits per heavy atom. The predicted octanol–water partition coefficient (Wildman–Crippen LogP) is 8.41. The molecule has 1 nitrogen and oxygen atoms in total. The van der Waals surface area contributed by atoms with Crippen molar-refractivity contribution in [2.75, 3.05) is 0 Å². The van der Waals surface area contributed by atoms with Crippen molar-refractivity contribution in [3.63, 3.8) is 0 Å². The first kappa shape index (κ1) is 22.2. The molecule has 158 valence electrons. The summed E-state index contributed by atoms with van der Waals surface area (Å²) in [5.74, 6) is -0.137. The van der Waals surface area contributed by atoms with E-state index in [1.165, 1.54) is 44.1 Å². The van der Waals surface area contributed by atoms with E-state index < -0.39 is 0 Å². The molecule has 3 rings (SSSR count). The second-order valence-corrected chi connectivity index (χ2v) is 8.21. The van der Waals surface area contributed by atoms with Crippen molar-refractivity contribution < 1.29 is 4.39 Å². The summed E-state index contributed by atoms with van der Waals surface area (Å²) >= 11 is 0. The summed E-state index contributed by atoms with van der Waals surface area (Å²) in [6, 6.07) is 18.0. The molecule has 0 amide bonds. The number of rotatable bonds is 11. The van der Waals surface area contributed by atoms with Gasteiger partial charge in [0.05, 0.1) is 5.69 Å². The van der Waals surface area contributed by atoms with Gasteiger partial charge in [0.2, 0.25) is 0 Å². The fraction of sp³-hybridized carbons (Fsp3) is 0.393. The van der Waals surface area contributed by atoms with Crippen molar-refractivity contribution in [3.8, 4) is 22.4 Å². The van der Waals surface area contributed by atoms with Crippen LogP contribution in [0.1, 0.15) is 69.9 Å². The highest BCUT2D eigenvalue weighted by Gasteiger charge is 2.08. The number of benzene rings is 2. The molecule has 0 aliphatic heterocycles. The van der Waals surface area contributed by atoms with Crippen LogP contribution in [-0.4, -0.2) is 4.98 Å². The number of aryl methyl sites for hydroxylation is 2. The molecule has 30 heavy (non-hydrogen) atoms. The molecule has 0 bridgehead atoms. The maximum Gasteiger partial charge on any atom is 0.131 e. The monoisotopic (exact) mass is 403 g/mol. The Kier molecular flexibility index (Phi) is 8.62. The summed E-state index contributed by atoms with van der Waals surface area (Å²) in [5.41, 5.74) is 5.98. The number of hydrogen-bond acceptors (Lipinski definition) is 1. The first-order chi connectivity index (χ1) is 14.7. The highest BCUT2D eigenvalue weighted by atomic mass is 19.1. The van der Waals surface area contributed by atoms with Crippen molar-refractivity contribution in [3.05, 3.63) is 77.7 Å². The van der Waals surface area contributed by atoms with Crippen molar-refractivity contribution in [1.82, 2.24) is 4.98 Å². The van der Waals surface area contributed by atoms with E-state index in [0.717, 1.165) is 41.6 Å². The lowest BCUT2D eigenvalue weighted by atomic mass is 9.99. The van der Waals surface area contributed by atoms with Crippen LogP contribution in [0.5, 0.6) is 0 Å². The molecule has 0 unspecified atom stereocenters. The van der Waals surface area contributed by atoms with Gasteiger partial charge in [0.1, 0.15) is 5.82 Å². The molecule has 1 aromatic heterocycles. The van der Waals surface area contributed by atoms with Gasteiger partial charge in [-0.3, -0.25) is 4.98 Å². The fourth-order valence-electron chi connectivity index (χ4n) is 3.85. The highest BCUT2D eigenvalue weighted by Crippen LogP contribution is 2.27. The minimum atomic E-state index is -0.137.